The molecule has 0 heterocycles. The van der Waals surface area contributed by atoms with E-state index in [1.54, 1.807) is 24.3 Å². The second-order valence-corrected chi connectivity index (χ2v) is 3.30. The third-order valence-electron chi connectivity index (χ3n) is 2.03. The number of rotatable bonds is 4. The highest BCUT2D eigenvalue weighted by atomic mass is 16.4. The van der Waals surface area contributed by atoms with Crippen molar-refractivity contribution < 1.29 is 14.7 Å². The lowest BCUT2D eigenvalue weighted by molar-refractivity contribution is -0.138. The Morgan fingerprint density at radius 3 is 2.56 bits per heavy atom. The third-order valence-corrected chi connectivity index (χ3v) is 2.03. The second-order valence-electron chi connectivity index (χ2n) is 3.30. The maximum atomic E-state index is 10.7. The second kappa shape index (κ2) is 5.13. The van der Waals surface area contributed by atoms with Crippen LogP contribution in [0.15, 0.2) is 24.3 Å². The van der Waals surface area contributed by atoms with Crippen LogP contribution in [0.3, 0.4) is 0 Å². The molecule has 0 aliphatic rings. The van der Waals surface area contributed by atoms with E-state index in [1.165, 1.54) is 0 Å². The Labute approximate surface area is 92.2 Å². The summed E-state index contributed by atoms with van der Waals surface area (Å²) in [6, 6.07) is 5.06. The van der Waals surface area contributed by atoms with E-state index < -0.39 is 18.0 Å². The molecule has 2 amide bonds. The summed E-state index contributed by atoms with van der Waals surface area (Å²) in [4.78, 5) is 21.3. The van der Waals surface area contributed by atoms with Crippen LogP contribution in [0.5, 0.6) is 0 Å². The molecule has 1 aromatic carbocycles. The summed E-state index contributed by atoms with van der Waals surface area (Å²) >= 11 is 0. The number of hydrogen-bond acceptors (Lipinski definition) is 3. The highest BCUT2D eigenvalue weighted by Gasteiger charge is 2.14. The molecular formula is C10H13N3O3. The average Bonchev–Trinajstić information content (AvgIpc) is 2.20. The van der Waals surface area contributed by atoms with Crippen LogP contribution in [0, 0.1) is 0 Å². The lowest BCUT2D eigenvalue weighted by atomic mass is 10.0. The van der Waals surface area contributed by atoms with Crippen molar-refractivity contribution in [3.8, 4) is 0 Å². The maximum Gasteiger partial charge on any atom is 0.320 e. The number of aliphatic carboxylic acids is 1. The smallest absolute Gasteiger partial charge is 0.320 e. The topological polar surface area (TPSA) is 118 Å². The van der Waals surface area contributed by atoms with Gasteiger partial charge in [-0.05, 0) is 11.6 Å². The van der Waals surface area contributed by atoms with Gasteiger partial charge in [0, 0.05) is 12.1 Å². The molecule has 0 aliphatic heterocycles. The van der Waals surface area contributed by atoms with Gasteiger partial charge in [-0.2, -0.15) is 0 Å². The number of primary amides is 1. The van der Waals surface area contributed by atoms with Gasteiger partial charge in [0.05, 0.1) is 0 Å². The van der Waals surface area contributed by atoms with Crippen molar-refractivity contribution in [2.45, 2.75) is 12.5 Å². The van der Waals surface area contributed by atoms with Gasteiger partial charge in [-0.3, -0.25) is 4.79 Å². The zero-order chi connectivity index (χ0) is 12.1. The minimum Gasteiger partial charge on any atom is -0.480 e. The molecule has 0 radical (unpaired) electrons. The van der Waals surface area contributed by atoms with E-state index in [4.69, 9.17) is 16.6 Å². The van der Waals surface area contributed by atoms with Gasteiger partial charge in [0.2, 0.25) is 0 Å². The summed E-state index contributed by atoms with van der Waals surface area (Å²) in [5.74, 6) is -1.09. The van der Waals surface area contributed by atoms with Crippen molar-refractivity contribution in [1.29, 1.82) is 0 Å². The summed E-state index contributed by atoms with van der Waals surface area (Å²) in [5, 5.41) is 11.1. The summed E-state index contributed by atoms with van der Waals surface area (Å²) < 4.78 is 0. The summed E-state index contributed by atoms with van der Waals surface area (Å²) in [6.07, 6.45) is 0.131. The number of amides is 2. The Bertz CT molecular complexity index is 406. The zero-order valence-corrected chi connectivity index (χ0v) is 8.51. The first kappa shape index (κ1) is 12.0. The minimum atomic E-state index is -1.09. The molecule has 1 unspecified atom stereocenters. The van der Waals surface area contributed by atoms with Crippen LogP contribution in [0.1, 0.15) is 5.56 Å². The largest absolute Gasteiger partial charge is 0.480 e. The molecule has 6 N–H and O–H groups in total. The molecule has 0 saturated heterocycles. The van der Waals surface area contributed by atoms with Gasteiger partial charge in [-0.1, -0.05) is 18.2 Å². The van der Waals surface area contributed by atoms with Crippen molar-refractivity contribution in [2.75, 3.05) is 5.32 Å². The predicted molar refractivity (Wildman–Crippen MR) is 59.0 cm³/mol. The number of para-hydroxylation sites is 1. The quantitative estimate of drug-likeness (QED) is 0.580. The molecule has 0 aromatic heterocycles. The summed E-state index contributed by atoms with van der Waals surface area (Å²) in [5.41, 5.74) is 11.5. The first-order valence-corrected chi connectivity index (χ1v) is 4.63. The van der Waals surface area contributed by atoms with Crippen LogP contribution < -0.4 is 16.8 Å². The van der Waals surface area contributed by atoms with Crippen LogP contribution >= 0.6 is 0 Å². The maximum absolute atomic E-state index is 10.7. The van der Waals surface area contributed by atoms with Crippen LogP contribution in [-0.2, 0) is 11.2 Å². The van der Waals surface area contributed by atoms with Gasteiger partial charge in [-0.15, -0.1) is 0 Å². The van der Waals surface area contributed by atoms with Gasteiger partial charge >= 0.3 is 12.0 Å². The third kappa shape index (κ3) is 3.25. The number of carboxylic acids is 1. The molecule has 1 rings (SSSR count). The molecule has 16 heavy (non-hydrogen) atoms. The van der Waals surface area contributed by atoms with Gasteiger partial charge in [-0.25, -0.2) is 4.79 Å². The SMILES string of the molecule is NC(=O)Nc1ccccc1CC(N)C(=O)O. The van der Waals surface area contributed by atoms with Crippen molar-refractivity contribution >= 4 is 17.7 Å². The first-order chi connectivity index (χ1) is 7.50. The number of carboxylic acid groups (broad SMARTS) is 1. The Hall–Kier alpha value is -2.08. The van der Waals surface area contributed by atoms with E-state index in [0.717, 1.165) is 0 Å². The number of anilines is 1. The van der Waals surface area contributed by atoms with Crippen molar-refractivity contribution in [1.82, 2.24) is 0 Å². The number of urea groups is 1. The zero-order valence-electron chi connectivity index (χ0n) is 8.51. The Kier molecular flexibility index (Phi) is 3.84. The van der Waals surface area contributed by atoms with Crippen LogP contribution in [0.2, 0.25) is 0 Å². The van der Waals surface area contributed by atoms with E-state index in [1.807, 2.05) is 0 Å². The predicted octanol–water partition coefficient (Wildman–Crippen LogP) is 0.132. The van der Waals surface area contributed by atoms with Crippen molar-refractivity contribution in [2.24, 2.45) is 11.5 Å². The number of carbonyl (C=O) groups excluding carboxylic acids is 1. The van der Waals surface area contributed by atoms with E-state index in [0.29, 0.717) is 11.3 Å². The van der Waals surface area contributed by atoms with Gasteiger partial charge in [0.1, 0.15) is 6.04 Å². The summed E-state index contributed by atoms with van der Waals surface area (Å²) in [6.45, 7) is 0. The van der Waals surface area contributed by atoms with Crippen molar-refractivity contribution in [3.63, 3.8) is 0 Å². The Balaban J connectivity index is 2.86. The van der Waals surface area contributed by atoms with Gasteiger partial charge < -0.3 is 21.9 Å². The standard InChI is InChI=1S/C10H13N3O3/c11-7(9(14)15)5-6-3-1-2-4-8(6)13-10(12)16/h1-4,7H,5,11H2,(H,14,15)(H3,12,13,16). The molecule has 0 spiro atoms. The Morgan fingerprint density at radius 2 is 2.00 bits per heavy atom. The Morgan fingerprint density at radius 1 is 1.38 bits per heavy atom. The number of nitrogens with two attached hydrogens (primary N) is 2. The highest BCUT2D eigenvalue weighted by molar-refractivity contribution is 5.88. The molecular weight excluding hydrogens is 210 g/mol. The molecule has 86 valence electrons. The lowest BCUT2D eigenvalue weighted by Gasteiger charge is -2.11. The minimum absolute atomic E-state index is 0.131. The molecule has 0 fully saturated rings. The molecule has 1 aromatic rings. The fraction of sp³-hybridized carbons (Fsp3) is 0.200. The molecule has 0 bridgehead atoms. The summed E-state index contributed by atoms with van der Waals surface area (Å²) in [7, 11) is 0. The van der Waals surface area contributed by atoms with Crippen molar-refractivity contribution in [3.05, 3.63) is 29.8 Å². The van der Waals surface area contributed by atoms with Gasteiger partial charge in [0.25, 0.3) is 0 Å². The van der Waals surface area contributed by atoms with E-state index in [2.05, 4.69) is 5.32 Å². The molecule has 6 heteroatoms. The molecule has 0 aliphatic carbocycles. The number of benzene rings is 1. The molecule has 6 nitrogen and oxygen atoms in total. The van der Waals surface area contributed by atoms with E-state index in [-0.39, 0.29) is 6.42 Å². The number of carbonyl (C=O) groups is 2. The van der Waals surface area contributed by atoms with E-state index in [9.17, 15) is 9.59 Å². The normalized spacial score (nSPS) is 11.8. The molecule has 0 saturated carbocycles. The monoisotopic (exact) mass is 223 g/mol. The first-order valence-electron chi connectivity index (χ1n) is 4.63. The fourth-order valence-electron chi connectivity index (χ4n) is 1.28. The highest BCUT2D eigenvalue weighted by Crippen LogP contribution is 2.16. The van der Waals surface area contributed by atoms with E-state index >= 15 is 0 Å². The number of nitrogens with one attached hydrogen (secondary N) is 1. The average molecular weight is 223 g/mol. The number of hydrogen-bond donors (Lipinski definition) is 4. The van der Waals surface area contributed by atoms with Crippen LogP contribution in [0.4, 0.5) is 10.5 Å². The van der Waals surface area contributed by atoms with Gasteiger partial charge in [0.15, 0.2) is 0 Å². The molecule has 1 atom stereocenters. The lowest BCUT2D eigenvalue weighted by Crippen LogP contribution is -2.32. The van der Waals surface area contributed by atoms with Crippen LogP contribution in [0.25, 0.3) is 0 Å². The fourth-order valence-corrected chi connectivity index (χ4v) is 1.28. The van der Waals surface area contributed by atoms with Crippen LogP contribution in [-0.4, -0.2) is 23.1 Å².